The Labute approximate surface area is 122 Å². The number of likely N-dealkylation sites (N-methyl/N-ethyl adjacent to an activating group) is 1. The summed E-state index contributed by atoms with van der Waals surface area (Å²) in [6, 6.07) is 1.78. The molecule has 20 heavy (non-hydrogen) atoms. The molecule has 1 fully saturated rings. The zero-order chi connectivity index (χ0) is 14.9. The average molecular weight is 324 g/mol. The summed E-state index contributed by atoms with van der Waals surface area (Å²) in [5.41, 5.74) is 0.0429. The zero-order valence-electron chi connectivity index (χ0n) is 10.8. The summed E-state index contributed by atoms with van der Waals surface area (Å²) in [5, 5.41) is 8.84. The van der Waals surface area contributed by atoms with Crippen LogP contribution in [0.5, 0.6) is 0 Å². The molecule has 0 amide bonds. The minimum Gasteiger partial charge on any atom is -0.392 e. The average Bonchev–Trinajstić information content (AvgIpc) is 2.94. The highest BCUT2D eigenvalue weighted by Crippen LogP contribution is 2.27. The van der Waals surface area contributed by atoms with Crippen molar-refractivity contribution in [3.63, 3.8) is 0 Å². The predicted octanol–water partition coefficient (Wildman–Crippen LogP) is 1.38. The number of nitrogens with zero attached hydrogens (tertiary/aromatic N) is 1. The second-order valence-corrected chi connectivity index (χ2v) is 6.95. The van der Waals surface area contributed by atoms with E-state index in [1.807, 2.05) is 0 Å². The normalized spacial score (nSPS) is 19.8. The number of hydrogen-bond donors (Lipinski definition) is 1. The van der Waals surface area contributed by atoms with Gasteiger partial charge in [-0.2, -0.15) is 4.31 Å². The fourth-order valence-corrected chi connectivity index (χ4v) is 3.66. The third kappa shape index (κ3) is 2.82. The third-order valence-corrected chi connectivity index (χ3v) is 5.66. The lowest BCUT2D eigenvalue weighted by Crippen LogP contribution is -2.37. The van der Waals surface area contributed by atoms with Gasteiger partial charge in [0.1, 0.15) is 5.82 Å². The van der Waals surface area contributed by atoms with Gasteiger partial charge in [-0.05, 0) is 18.6 Å². The highest BCUT2D eigenvalue weighted by Gasteiger charge is 2.31. The van der Waals surface area contributed by atoms with Crippen molar-refractivity contribution in [2.45, 2.75) is 24.0 Å². The van der Waals surface area contributed by atoms with E-state index in [1.165, 1.54) is 17.4 Å². The Balaban J connectivity index is 2.41. The fourth-order valence-electron chi connectivity index (χ4n) is 2.05. The van der Waals surface area contributed by atoms with E-state index in [0.717, 1.165) is 6.07 Å². The van der Waals surface area contributed by atoms with E-state index in [1.54, 1.807) is 0 Å². The highest BCUT2D eigenvalue weighted by molar-refractivity contribution is 7.89. The number of aliphatic hydroxyl groups is 1. The molecule has 112 valence electrons. The molecule has 5 nitrogen and oxygen atoms in total. The molecule has 0 spiro atoms. The summed E-state index contributed by atoms with van der Waals surface area (Å²) in [6.45, 7) is 0.287. The van der Waals surface area contributed by atoms with Gasteiger partial charge in [0.15, 0.2) is 0 Å². The SMILES string of the molecule is CN(C1CCOC1)S(=O)(=O)c1cc(F)c(Cl)c(CO)c1. The molecule has 1 aliphatic rings. The number of ether oxygens (including phenoxy) is 1. The standard InChI is InChI=1S/C12H15ClFNO4S/c1-15(9-2-3-19-7-9)20(17,18)10-4-8(6-16)12(13)11(14)5-10/h4-5,9,16H,2-3,6-7H2,1H3. The van der Waals surface area contributed by atoms with Crippen LogP contribution in [0.25, 0.3) is 0 Å². The maximum absolute atomic E-state index is 13.6. The molecule has 1 aliphatic heterocycles. The van der Waals surface area contributed by atoms with Crippen LogP contribution in [-0.2, 0) is 21.4 Å². The van der Waals surface area contributed by atoms with Gasteiger partial charge in [0.2, 0.25) is 10.0 Å². The highest BCUT2D eigenvalue weighted by atomic mass is 35.5. The molecule has 1 aromatic rings. The Morgan fingerprint density at radius 3 is 2.80 bits per heavy atom. The predicted molar refractivity (Wildman–Crippen MR) is 71.5 cm³/mol. The summed E-state index contributed by atoms with van der Waals surface area (Å²) in [6.07, 6.45) is 0.596. The minimum absolute atomic E-state index is 0.0429. The lowest BCUT2D eigenvalue weighted by Gasteiger charge is -2.23. The molecule has 0 aromatic heterocycles. The van der Waals surface area contributed by atoms with Crippen molar-refractivity contribution in [3.05, 3.63) is 28.5 Å². The van der Waals surface area contributed by atoms with E-state index in [9.17, 15) is 12.8 Å². The molecule has 0 radical (unpaired) electrons. The first-order valence-corrected chi connectivity index (χ1v) is 7.84. The molecule has 1 aromatic carbocycles. The Morgan fingerprint density at radius 2 is 2.25 bits per heavy atom. The van der Waals surface area contributed by atoms with Crippen LogP contribution in [0.4, 0.5) is 4.39 Å². The van der Waals surface area contributed by atoms with Crippen molar-refractivity contribution >= 4 is 21.6 Å². The molecular weight excluding hydrogens is 309 g/mol. The number of hydrogen-bond acceptors (Lipinski definition) is 4. The zero-order valence-corrected chi connectivity index (χ0v) is 12.4. The Morgan fingerprint density at radius 1 is 1.55 bits per heavy atom. The molecule has 1 N–H and O–H groups in total. The quantitative estimate of drug-likeness (QED) is 0.909. The molecule has 0 saturated carbocycles. The van der Waals surface area contributed by atoms with Crippen molar-refractivity contribution < 1.29 is 22.7 Å². The van der Waals surface area contributed by atoms with Crippen molar-refractivity contribution in [2.75, 3.05) is 20.3 Å². The number of benzene rings is 1. The topological polar surface area (TPSA) is 66.8 Å². The van der Waals surface area contributed by atoms with Gasteiger partial charge in [-0.15, -0.1) is 0 Å². The summed E-state index contributed by atoms with van der Waals surface area (Å²) < 4.78 is 44.8. The molecule has 1 saturated heterocycles. The Bertz CT molecular complexity index is 602. The van der Waals surface area contributed by atoms with Crippen LogP contribution in [0, 0.1) is 5.82 Å². The molecular formula is C12H15ClFNO4S. The fraction of sp³-hybridized carbons (Fsp3) is 0.500. The lowest BCUT2D eigenvalue weighted by atomic mass is 10.2. The van der Waals surface area contributed by atoms with Gasteiger partial charge in [0.05, 0.1) is 29.2 Å². The summed E-state index contributed by atoms with van der Waals surface area (Å²) in [4.78, 5) is -0.224. The van der Waals surface area contributed by atoms with Crippen molar-refractivity contribution in [1.29, 1.82) is 0 Å². The van der Waals surface area contributed by atoms with Gasteiger partial charge in [0.25, 0.3) is 0 Å². The van der Waals surface area contributed by atoms with E-state index in [-0.39, 0.29) is 21.5 Å². The van der Waals surface area contributed by atoms with Crippen LogP contribution in [0.3, 0.4) is 0 Å². The van der Waals surface area contributed by atoms with E-state index in [4.69, 9.17) is 21.4 Å². The first kappa shape index (κ1) is 15.7. The van der Waals surface area contributed by atoms with E-state index in [2.05, 4.69) is 0 Å². The van der Waals surface area contributed by atoms with Gasteiger partial charge in [-0.1, -0.05) is 11.6 Å². The lowest BCUT2D eigenvalue weighted by molar-refractivity contribution is 0.181. The van der Waals surface area contributed by atoms with Crippen LogP contribution < -0.4 is 0 Å². The molecule has 2 rings (SSSR count). The first-order valence-electron chi connectivity index (χ1n) is 6.02. The maximum Gasteiger partial charge on any atom is 0.243 e. The van der Waals surface area contributed by atoms with Gasteiger partial charge in [-0.3, -0.25) is 0 Å². The molecule has 0 aliphatic carbocycles. The molecule has 1 heterocycles. The Hall–Kier alpha value is -0.730. The van der Waals surface area contributed by atoms with Gasteiger partial charge < -0.3 is 9.84 Å². The second-order valence-electron chi connectivity index (χ2n) is 4.57. The van der Waals surface area contributed by atoms with E-state index < -0.39 is 22.4 Å². The molecule has 8 heteroatoms. The van der Waals surface area contributed by atoms with Gasteiger partial charge in [-0.25, -0.2) is 12.8 Å². The second kappa shape index (κ2) is 5.95. The van der Waals surface area contributed by atoms with Crippen LogP contribution >= 0.6 is 11.6 Å². The summed E-state index contributed by atoms with van der Waals surface area (Å²) in [7, 11) is -2.42. The minimum atomic E-state index is -3.85. The largest absolute Gasteiger partial charge is 0.392 e. The summed E-state index contributed by atoms with van der Waals surface area (Å²) >= 11 is 5.66. The maximum atomic E-state index is 13.6. The molecule has 1 unspecified atom stereocenters. The summed E-state index contributed by atoms with van der Waals surface area (Å²) in [5.74, 6) is -0.868. The monoisotopic (exact) mass is 323 g/mol. The van der Waals surface area contributed by atoms with Crippen molar-refractivity contribution in [3.8, 4) is 0 Å². The van der Waals surface area contributed by atoms with Crippen molar-refractivity contribution in [1.82, 2.24) is 4.31 Å². The number of halogens is 2. The molecule has 1 atom stereocenters. The van der Waals surface area contributed by atoms with Gasteiger partial charge in [0, 0.05) is 19.2 Å². The van der Waals surface area contributed by atoms with E-state index in [0.29, 0.717) is 19.6 Å². The number of aliphatic hydroxyl groups excluding tert-OH is 1. The molecule has 0 bridgehead atoms. The third-order valence-electron chi connectivity index (χ3n) is 3.34. The Kier molecular flexibility index (Phi) is 4.66. The smallest absolute Gasteiger partial charge is 0.243 e. The number of rotatable bonds is 4. The first-order chi connectivity index (χ1) is 9.37. The van der Waals surface area contributed by atoms with Gasteiger partial charge >= 0.3 is 0 Å². The van der Waals surface area contributed by atoms with Crippen LogP contribution in [-0.4, -0.2) is 44.1 Å². The van der Waals surface area contributed by atoms with Crippen LogP contribution in [0.2, 0.25) is 5.02 Å². The van der Waals surface area contributed by atoms with Crippen LogP contribution in [0.1, 0.15) is 12.0 Å². The number of sulfonamides is 1. The van der Waals surface area contributed by atoms with Crippen LogP contribution in [0.15, 0.2) is 17.0 Å². The van der Waals surface area contributed by atoms with Crippen molar-refractivity contribution in [2.24, 2.45) is 0 Å². The van der Waals surface area contributed by atoms with E-state index >= 15 is 0 Å².